The van der Waals surface area contributed by atoms with Crippen LogP contribution in [0.1, 0.15) is 25.5 Å². The highest BCUT2D eigenvalue weighted by molar-refractivity contribution is 6.16. The van der Waals surface area contributed by atoms with Crippen molar-refractivity contribution in [1.82, 2.24) is 0 Å². The minimum Gasteiger partial charge on any atom is -0.504 e. The number of para-hydroxylation sites is 2. The molecule has 3 aromatic carbocycles. The van der Waals surface area contributed by atoms with Gasteiger partial charge in [0.05, 0.1) is 6.07 Å². The van der Waals surface area contributed by atoms with Gasteiger partial charge in [-0.3, -0.25) is 9.59 Å². The molecule has 6 nitrogen and oxygen atoms in total. The molecular formula is C29H29NO5. The van der Waals surface area contributed by atoms with Crippen LogP contribution >= 0.6 is 0 Å². The van der Waals surface area contributed by atoms with Gasteiger partial charge in [-0.2, -0.15) is 5.26 Å². The Labute approximate surface area is 206 Å². The van der Waals surface area contributed by atoms with E-state index in [0.717, 1.165) is 11.1 Å². The first-order chi connectivity index (χ1) is 16.5. The quantitative estimate of drug-likeness (QED) is 0.448. The average Bonchev–Trinajstić information content (AvgIpc) is 2.86. The van der Waals surface area contributed by atoms with Gasteiger partial charge in [0.2, 0.25) is 5.78 Å². The first kappa shape index (κ1) is 28.4. The number of phenols is 1. The number of phenolic OH excluding ortho intramolecular Hbond substituents is 1. The summed E-state index contributed by atoms with van der Waals surface area (Å²) in [6.45, 7) is 2.19. The molecule has 3 aromatic rings. The Morgan fingerprint density at radius 3 is 1.80 bits per heavy atom. The minimum atomic E-state index is -0.268. The molecule has 1 aliphatic carbocycles. The van der Waals surface area contributed by atoms with E-state index < -0.39 is 0 Å². The van der Waals surface area contributed by atoms with Crippen molar-refractivity contribution < 1.29 is 24.2 Å². The first-order valence-electron chi connectivity index (χ1n) is 10.4. The number of nitrogens with zero attached hydrogens (tertiary/aromatic N) is 1. The Morgan fingerprint density at radius 1 is 0.771 bits per heavy atom. The highest BCUT2D eigenvalue weighted by Gasteiger charge is 2.14. The summed E-state index contributed by atoms with van der Waals surface area (Å²) in [6.07, 6.45) is 3.67. The first-order valence-corrected chi connectivity index (χ1v) is 10.4. The molecule has 0 amide bonds. The number of benzene rings is 3. The van der Waals surface area contributed by atoms with Gasteiger partial charge < -0.3 is 14.6 Å². The molecule has 0 saturated carbocycles. The molecule has 6 heteroatoms. The largest absolute Gasteiger partial charge is 0.504 e. The number of nitriles is 1. The number of allylic oxidation sites excluding steroid dienone is 3. The predicted octanol–water partition coefficient (Wildman–Crippen LogP) is 5.93. The molecule has 0 heterocycles. The third kappa shape index (κ3) is 10.7. The summed E-state index contributed by atoms with van der Waals surface area (Å²) in [6, 6.07) is 28.0. The summed E-state index contributed by atoms with van der Waals surface area (Å²) in [7, 11) is 0. The van der Waals surface area contributed by atoms with Crippen molar-refractivity contribution in [2.75, 3.05) is 0 Å². The van der Waals surface area contributed by atoms with E-state index in [0.29, 0.717) is 19.0 Å². The number of carbonyl (C=O) groups excluding carboxylic acids is 2. The fraction of sp³-hybridized carbons (Fsp3) is 0.138. The van der Waals surface area contributed by atoms with Crippen molar-refractivity contribution >= 4 is 11.6 Å². The fourth-order valence-electron chi connectivity index (χ4n) is 2.65. The number of rotatable bonds is 6. The molecule has 1 aliphatic rings. The molecule has 0 radical (unpaired) electrons. The Hall–Kier alpha value is -4.63. The zero-order chi connectivity index (χ0) is 24.6. The highest BCUT2D eigenvalue weighted by Crippen LogP contribution is 2.25. The van der Waals surface area contributed by atoms with Crippen LogP contribution in [0.4, 0.5) is 0 Å². The molecule has 0 aliphatic heterocycles. The van der Waals surface area contributed by atoms with Gasteiger partial charge in [-0.15, -0.1) is 0 Å². The monoisotopic (exact) mass is 471 g/mol. The molecule has 180 valence electrons. The lowest BCUT2D eigenvalue weighted by Crippen LogP contribution is -2.10. The zero-order valence-corrected chi connectivity index (χ0v) is 18.8. The Morgan fingerprint density at radius 2 is 1.26 bits per heavy atom. The van der Waals surface area contributed by atoms with Gasteiger partial charge in [0, 0.05) is 13.0 Å². The van der Waals surface area contributed by atoms with E-state index in [1.54, 1.807) is 24.3 Å². The van der Waals surface area contributed by atoms with E-state index in [1.807, 2.05) is 66.7 Å². The average molecular weight is 472 g/mol. The summed E-state index contributed by atoms with van der Waals surface area (Å²) in [5, 5.41) is 16.8. The number of aromatic hydroxyl groups is 1. The molecule has 0 atom stereocenters. The molecule has 0 unspecified atom stereocenters. The van der Waals surface area contributed by atoms with Crippen LogP contribution in [0.15, 0.2) is 109 Å². The standard InChI is InChI=1S/C13H10O3.C13H12O2.C2H3N.CH4/c14-11-6-7-12(15)13(8-11)16-9-10-4-2-1-3-5-10;14-12-8-4-5-9-13(12)15-10-11-6-2-1-3-7-11;1-2-3;/h1-8H,9H2;1-9,14H,10H2;1H3;1H4. The van der Waals surface area contributed by atoms with Gasteiger partial charge in [-0.05, 0) is 35.4 Å². The number of ether oxygens (including phenoxy) is 2. The van der Waals surface area contributed by atoms with Crippen molar-refractivity contribution in [3.63, 3.8) is 0 Å². The summed E-state index contributed by atoms with van der Waals surface area (Å²) in [5.41, 5.74) is 2.04. The molecule has 1 N–H and O–H groups in total. The number of ketones is 2. The zero-order valence-electron chi connectivity index (χ0n) is 18.8. The van der Waals surface area contributed by atoms with Gasteiger partial charge in [0.25, 0.3) is 0 Å². The van der Waals surface area contributed by atoms with E-state index in [4.69, 9.17) is 14.7 Å². The van der Waals surface area contributed by atoms with Gasteiger partial charge >= 0.3 is 0 Å². The van der Waals surface area contributed by atoms with Gasteiger partial charge in [-0.25, -0.2) is 0 Å². The second kappa shape index (κ2) is 16.1. The minimum absolute atomic E-state index is 0. The van der Waals surface area contributed by atoms with Crippen LogP contribution < -0.4 is 4.74 Å². The van der Waals surface area contributed by atoms with Crippen molar-refractivity contribution in [2.45, 2.75) is 27.6 Å². The number of hydrogen-bond donors (Lipinski definition) is 1. The summed E-state index contributed by atoms with van der Waals surface area (Å²) < 4.78 is 10.8. The maximum Gasteiger partial charge on any atom is 0.220 e. The Balaban J connectivity index is 0.000000308. The maximum absolute atomic E-state index is 11.3. The molecule has 0 bridgehead atoms. The van der Waals surface area contributed by atoms with Gasteiger partial charge in [-0.1, -0.05) is 80.2 Å². The summed E-state index contributed by atoms with van der Waals surface area (Å²) >= 11 is 0. The normalized spacial score (nSPS) is 11.3. The SMILES string of the molecule is C.CC#N.O=C1C=CC(=O)C(OCc2ccccc2)=C1.Oc1ccccc1OCc1ccccc1. The van der Waals surface area contributed by atoms with Crippen LogP contribution in [0, 0.1) is 11.3 Å². The van der Waals surface area contributed by atoms with Crippen molar-refractivity contribution in [3.8, 4) is 17.6 Å². The molecule has 35 heavy (non-hydrogen) atoms. The van der Waals surface area contributed by atoms with Crippen molar-refractivity contribution in [1.29, 1.82) is 5.26 Å². The highest BCUT2D eigenvalue weighted by atomic mass is 16.5. The van der Waals surface area contributed by atoms with Gasteiger partial charge in [0.15, 0.2) is 23.0 Å². The van der Waals surface area contributed by atoms with Crippen LogP contribution in [0.5, 0.6) is 11.5 Å². The topological polar surface area (TPSA) is 96.6 Å². The van der Waals surface area contributed by atoms with E-state index in [2.05, 4.69) is 0 Å². The molecule has 4 rings (SSSR count). The Bertz CT molecular complexity index is 1160. The molecular weight excluding hydrogens is 442 g/mol. The van der Waals surface area contributed by atoms with E-state index in [1.165, 1.54) is 25.2 Å². The van der Waals surface area contributed by atoms with Crippen molar-refractivity contribution in [3.05, 3.63) is 120 Å². The van der Waals surface area contributed by atoms with Gasteiger partial charge in [0.1, 0.15) is 13.2 Å². The maximum atomic E-state index is 11.3. The van der Waals surface area contributed by atoms with Crippen molar-refractivity contribution in [2.24, 2.45) is 0 Å². The fourth-order valence-corrected chi connectivity index (χ4v) is 2.65. The smallest absolute Gasteiger partial charge is 0.220 e. The van der Waals surface area contributed by atoms with E-state index in [9.17, 15) is 14.7 Å². The van der Waals surface area contributed by atoms with Crippen LogP contribution in [0.3, 0.4) is 0 Å². The third-order valence-electron chi connectivity index (χ3n) is 4.25. The molecule has 0 aromatic heterocycles. The lowest BCUT2D eigenvalue weighted by atomic mass is 10.1. The number of carbonyl (C=O) groups is 2. The predicted molar refractivity (Wildman–Crippen MR) is 135 cm³/mol. The van der Waals surface area contributed by atoms with Crippen LogP contribution in [0.25, 0.3) is 0 Å². The lowest BCUT2D eigenvalue weighted by Gasteiger charge is -2.09. The summed E-state index contributed by atoms with van der Waals surface area (Å²) in [4.78, 5) is 22.4. The van der Waals surface area contributed by atoms with Crippen LogP contribution in [-0.4, -0.2) is 16.7 Å². The van der Waals surface area contributed by atoms with E-state index in [-0.39, 0.29) is 30.5 Å². The van der Waals surface area contributed by atoms with Crippen LogP contribution in [0.2, 0.25) is 0 Å². The second-order valence-electron chi connectivity index (χ2n) is 6.85. The molecule has 0 saturated heterocycles. The third-order valence-corrected chi connectivity index (χ3v) is 4.25. The molecule has 0 spiro atoms. The Kier molecular flexibility index (Phi) is 13.0. The molecule has 0 fully saturated rings. The summed E-state index contributed by atoms with van der Waals surface area (Å²) in [5.74, 6) is 0.310. The lowest BCUT2D eigenvalue weighted by molar-refractivity contribution is -0.117. The van der Waals surface area contributed by atoms with E-state index >= 15 is 0 Å². The number of hydrogen-bond acceptors (Lipinski definition) is 6. The van der Waals surface area contributed by atoms with Crippen LogP contribution in [-0.2, 0) is 27.5 Å². The second-order valence-corrected chi connectivity index (χ2v) is 6.85.